The van der Waals surface area contributed by atoms with E-state index >= 15 is 0 Å². The van der Waals surface area contributed by atoms with Crippen LogP contribution in [0.5, 0.6) is 5.75 Å². The van der Waals surface area contributed by atoms with Crippen molar-refractivity contribution in [1.82, 2.24) is 14.5 Å². The molecule has 0 aliphatic carbocycles. The number of benzene rings is 1. The van der Waals surface area contributed by atoms with Crippen LogP contribution in [0, 0.1) is 0 Å². The van der Waals surface area contributed by atoms with E-state index in [-0.39, 0.29) is 11.8 Å². The average molecular weight is 379 g/mol. The van der Waals surface area contributed by atoms with Gasteiger partial charge in [-0.3, -0.25) is 4.57 Å². The van der Waals surface area contributed by atoms with Crippen molar-refractivity contribution >= 4 is 28.4 Å². The van der Waals surface area contributed by atoms with Crippen LogP contribution in [0.3, 0.4) is 0 Å². The first-order valence-electron chi connectivity index (χ1n) is 9.59. The highest BCUT2D eigenvalue weighted by atomic mass is 16.3. The zero-order chi connectivity index (χ0) is 19.7. The van der Waals surface area contributed by atoms with Crippen LogP contribution in [0.1, 0.15) is 6.92 Å². The Hall–Kier alpha value is -3.22. The van der Waals surface area contributed by atoms with E-state index in [1.807, 2.05) is 23.2 Å². The van der Waals surface area contributed by atoms with Crippen molar-refractivity contribution in [3.63, 3.8) is 0 Å². The summed E-state index contributed by atoms with van der Waals surface area (Å²) in [4.78, 5) is 23.9. The second-order valence-electron chi connectivity index (χ2n) is 7.05. The first-order chi connectivity index (χ1) is 13.6. The summed E-state index contributed by atoms with van der Waals surface area (Å²) in [5.74, 6) is 1.18. The van der Waals surface area contributed by atoms with Gasteiger partial charge < -0.3 is 19.8 Å². The molecule has 0 unspecified atom stereocenters. The van der Waals surface area contributed by atoms with E-state index in [9.17, 15) is 9.90 Å². The van der Waals surface area contributed by atoms with Gasteiger partial charge in [0.1, 0.15) is 5.75 Å². The Morgan fingerprint density at radius 1 is 1.18 bits per heavy atom. The first-order valence-corrected chi connectivity index (χ1v) is 9.59. The smallest absolute Gasteiger partial charge is 0.328 e. The second-order valence-corrected chi connectivity index (χ2v) is 7.05. The maximum atomic E-state index is 13.0. The molecule has 1 aromatic carbocycles. The Kier molecular flexibility index (Phi) is 4.81. The summed E-state index contributed by atoms with van der Waals surface area (Å²) < 4.78 is 1.65. The third-order valence-electron chi connectivity index (χ3n) is 5.38. The van der Waals surface area contributed by atoms with E-state index in [1.165, 1.54) is 0 Å². The number of hydrogen-bond acceptors (Lipinski definition) is 5. The summed E-state index contributed by atoms with van der Waals surface area (Å²) in [6.45, 7) is 5.80. The molecule has 0 bridgehead atoms. The van der Waals surface area contributed by atoms with Gasteiger partial charge in [-0.25, -0.2) is 9.78 Å². The fourth-order valence-corrected chi connectivity index (χ4v) is 3.66. The van der Waals surface area contributed by atoms with Gasteiger partial charge in [-0.05, 0) is 43.3 Å². The zero-order valence-corrected chi connectivity index (χ0v) is 16.2. The normalized spacial score (nSPS) is 14.5. The summed E-state index contributed by atoms with van der Waals surface area (Å²) in [7, 11) is 2.06. The van der Waals surface area contributed by atoms with E-state index in [0.29, 0.717) is 13.1 Å². The maximum Gasteiger partial charge on any atom is 0.328 e. The highest BCUT2D eigenvalue weighted by Crippen LogP contribution is 2.27. The fraction of sp³-hybridized carbons (Fsp3) is 0.333. The molecule has 146 valence electrons. The number of fused-ring (bicyclic) bond motifs is 1. The number of aromatic hydroxyl groups is 1. The predicted molar refractivity (Wildman–Crippen MR) is 111 cm³/mol. The second kappa shape index (κ2) is 7.42. The highest BCUT2D eigenvalue weighted by molar-refractivity contribution is 5.92. The molecule has 1 fully saturated rings. The SMILES string of the molecule is CCN(C)c1cccnc1N1CCN(C(=O)n2ccc3cc(O)ccc32)CC1. The number of hydrogen-bond donors (Lipinski definition) is 1. The molecular formula is C21H25N5O2. The average Bonchev–Trinajstić information content (AvgIpc) is 3.15. The van der Waals surface area contributed by atoms with Crippen LogP contribution < -0.4 is 9.80 Å². The van der Waals surface area contributed by atoms with E-state index < -0.39 is 0 Å². The van der Waals surface area contributed by atoms with Gasteiger partial charge in [-0.1, -0.05) is 0 Å². The minimum atomic E-state index is -0.0349. The van der Waals surface area contributed by atoms with Crippen LogP contribution in [-0.4, -0.2) is 65.4 Å². The molecule has 4 rings (SSSR count). The Balaban J connectivity index is 1.49. The number of phenolic OH excluding ortho intramolecular Hbond substituents is 1. The third kappa shape index (κ3) is 3.24. The van der Waals surface area contributed by atoms with Crippen LogP contribution in [0.25, 0.3) is 10.9 Å². The van der Waals surface area contributed by atoms with Gasteiger partial charge in [-0.2, -0.15) is 0 Å². The molecule has 7 heteroatoms. The molecule has 1 aliphatic heterocycles. The van der Waals surface area contributed by atoms with Gasteiger partial charge in [-0.15, -0.1) is 0 Å². The molecule has 0 saturated carbocycles. The molecule has 7 nitrogen and oxygen atoms in total. The summed E-state index contributed by atoms with van der Waals surface area (Å²) in [5, 5.41) is 10.5. The molecule has 3 heterocycles. The van der Waals surface area contributed by atoms with E-state index in [2.05, 4.69) is 34.8 Å². The summed E-state index contributed by atoms with van der Waals surface area (Å²) in [6.07, 6.45) is 3.59. The molecule has 0 atom stereocenters. The quantitative estimate of drug-likeness (QED) is 0.758. The molecule has 1 amide bonds. The molecule has 3 aromatic rings. The van der Waals surface area contributed by atoms with Crippen LogP contribution >= 0.6 is 0 Å². The van der Waals surface area contributed by atoms with Crippen molar-refractivity contribution < 1.29 is 9.90 Å². The number of carbonyl (C=O) groups excluding carboxylic acids is 1. The fourth-order valence-electron chi connectivity index (χ4n) is 3.66. The number of rotatable bonds is 3. The lowest BCUT2D eigenvalue weighted by molar-refractivity contribution is 0.197. The summed E-state index contributed by atoms with van der Waals surface area (Å²) >= 11 is 0. The Labute approximate surface area is 164 Å². The van der Waals surface area contributed by atoms with Crippen molar-refractivity contribution in [3.05, 3.63) is 48.8 Å². The lowest BCUT2D eigenvalue weighted by atomic mass is 10.2. The first kappa shape index (κ1) is 18.2. The number of carbonyl (C=O) groups is 1. The number of anilines is 2. The zero-order valence-electron chi connectivity index (χ0n) is 16.2. The lowest BCUT2D eigenvalue weighted by Gasteiger charge is -2.37. The Morgan fingerprint density at radius 2 is 1.96 bits per heavy atom. The lowest BCUT2D eigenvalue weighted by Crippen LogP contribution is -2.50. The minimum Gasteiger partial charge on any atom is -0.508 e. The van der Waals surface area contributed by atoms with Gasteiger partial charge in [0.25, 0.3) is 0 Å². The largest absolute Gasteiger partial charge is 0.508 e. The van der Waals surface area contributed by atoms with Gasteiger partial charge in [0.05, 0.1) is 11.2 Å². The van der Waals surface area contributed by atoms with Crippen LogP contribution in [-0.2, 0) is 0 Å². The van der Waals surface area contributed by atoms with Gasteiger partial charge in [0.15, 0.2) is 5.82 Å². The molecule has 28 heavy (non-hydrogen) atoms. The number of nitrogens with zero attached hydrogens (tertiary/aromatic N) is 5. The predicted octanol–water partition coefficient (Wildman–Crippen LogP) is 2.99. The van der Waals surface area contributed by atoms with E-state index in [1.54, 1.807) is 29.0 Å². The number of piperazine rings is 1. The molecule has 1 saturated heterocycles. The number of phenols is 1. The van der Waals surface area contributed by atoms with Crippen molar-refractivity contribution in [3.8, 4) is 5.75 Å². The number of aromatic nitrogens is 2. The number of amides is 1. The van der Waals surface area contributed by atoms with Crippen molar-refractivity contribution in [2.45, 2.75) is 6.92 Å². The van der Waals surface area contributed by atoms with Gasteiger partial charge in [0.2, 0.25) is 0 Å². The molecule has 1 N–H and O–H groups in total. The monoisotopic (exact) mass is 379 g/mol. The maximum absolute atomic E-state index is 13.0. The number of pyridine rings is 1. The van der Waals surface area contributed by atoms with E-state index in [0.717, 1.165) is 42.0 Å². The molecule has 1 aliphatic rings. The van der Waals surface area contributed by atoms with Crippen molar-refractivity contribution in [2.75, 3.05) is 49.6 Å². The topological polar surface area (TPSA) is 64.8 Å². The Bertz CT molecular complexity index is 991. The van der Waals surface area contributed by atoms with Crippen molar-refractivity contribution in [1.29, 1.82) is 0 Å². The summed E-state index contributed by atoms with van der Waals surface area (Å²) in [5.41, 5.74) is 1.92. The standard InChI is InChI=1S/C21H25N5O2/c1-3-23(2)19-5-4-9-22-20(19)24-11-13-25(14-12-24)21(28)26-10-8-16-15-17(27)6-7-18(16)26/h4-10,15,27H,3,11-14H2,1-2H3. The minimum absolute atomic E-state index is 0.0349. The van der Waals surface area contributed by atoms with Crippen molar-refractivity contribution in [2.24, 2.45) is 0 Å². The van der Waals surface area contributed by atoms with E-state index in [4.69, 9.17) is 0 Å². The van der Waals surface area contributed by atoms with Gasteiger partial charge in [0, 0.05) is 57.6 Å². The van der Waals surface area contributed by atoms with Crippen LogP contribution in [0.15, 0.2) is 48.8 Å². The molecule has 0 spiro atoms. The van der Waals surface area contributed by atoms with Crippen LogP contribution in [0.2, 0.25) is 0 Å². The molecule has 2 aromatic heterocycles. The van der Waals surface area contributed by atoms with Crippen LogP contribution in [0.4, 0.5) is 16.3 Å². The van der Waals surface area contributed by atoms with Gasteiger partial charge >= 0.3 is 6.03 Å². The molecule has 0 radical (unpaired) electrons. The molecular weight excluding hydrogens is 354 g/mol. The Morgan fingerprint density at radius 3 is 2.71 bits per heavy atom. The highest BCUT2D eigenvalue weighted by Gasteiger charge is 2.25. The third-order valence-corrected chi connectivity index (χ3v) is 5.38. The summed E-state index contributed by atoms with van der Waals surface area (Å²) in [6, 6.07) is 10.9.